The van der Waals surface area contributed by atoms with Crippen LogP contribution in [0.25, 0.3) is 0 Å². The second kappa shape index (κ2) is 7.36. The minimum Gasteiger partial charge on any atom is -0.350 e. The number of nitrogens with zero attached hydrogens (tertiary/aromatic N) is 2. The van der Waals surface area contributed by atoms with E-state index in [9.17, 15) is 4.79 Å². The number of amides is 1. The molecule has 0 unspecified atom stereocenters. The molecule has 1 aromatic heterocycles. The topological polar surface area (TPSA) is 59.0 Å². The van der Waals surface area contributed by atoms with E-state index in [1.807, 2.05) is 36.7 Å². The highest BCUT2D eigenvalue weighted by molar-refractivity contribution is 6.31. The average Bonchev–Trinajstić information content (AvgIpc) is 3.20. The molecule has 6 heteroatoms. The standard InChI is InChI=1S/C18H23ClN4O/c1-12-17(19)13(2)23(22-12)10-9-21-18(24)16-6-4-3-5-15(16)14-7-8-20-11-14/h3-6,14,20H,7-11H2,1-2H3,(H,21,24)/t14-/m1/s1. The first-order valence-electron chi connectivity index (χ1n) is 8.35. The van der Waals surface area contributed by atoms with Crippen molar-refractivity contribution < 1.29 is 4.79 Å². The number of nitrogens with one attached hydrogen (secondary N) is 2. The van der Waals surface area contributed by atoms with Gasteiger partial charge in [0.15, 0.2) is 0 Å². The maximum Gasteiger partial charge on any atom is 0.251 e. The molecule has 1 aromatic carbocycles. The van der Waals surface area contributed by atoms with Crippen molar-refractivity contribution in [3.05, 3.63) is 51.8 Å². The van der Waals surface area contributed by atoms with E-state index < -0.39 is 0 Å². The number of benzene rings is 1. The monoisotopic (exact) mass is 346 g/mol. The predicted molar refractivity (Wildman–Crippen MR) is 95.7 cm³/mol. The molecular formula is C18H23ClN4O. The maximum absolute atomic E-state index is 12.6. The smallest absolute Gasteiger partial charge is 0.251 e. The van der Waals surface area contributed by atoms with Gasteiger partial charge in [-0.3, -0.25) is 9.48 Å². The Morgan fingerprint density at radius 3 is 2.88 bits per heavy atom. The summed E-state index contributed by atoms with van der Waals surface area (Å²) >= 11 is 6.15. The molecule has 3 rings (SSSR count). The lowest BCUT2D eigenvalue weighted by atomic mass is 9.93. The van der Waals surface area contributed by atoms with Crippen molar-refractivity contribution in [2.45, 2.75) is 32.7 Å². The minimum atomic E-state index is -0.0230. The predicted octanol–water partition coefficient (Wildman–Crippen LogP) is 2.66. The van der Waals surface area contributed by atoms with Crippen LogP contribution in [0, 0.1) is 13.8 Å². The third kappa shape index (κ3) is 3.47. The van der Waals surface area contributed by atoms with Crippen molar-refractivity contribution in [2.24, 2.45) is 0 Å². The van der Waals surface area contributed by atoms with Gasteiger partial charge in [0.25, 0.3) is 5.91 Å². The lowest BCUT2D eigenvalue weighted by Gasteiger charge is -2.15. The highest BCUT2D eigenvalue weighted by Gasteiger charge is 2.21. The summed E-state index contributed by atoms with van der Waals surface area (Å²) in [6.45, 7) is 6.91. The molecule has 2 heterocycles. The molecule has 1 aliphatic heterocycles. The van der Waals surface area contributed by atoms with E-state index in [4.69, 9.17) is 11.6 Å². The minimum absolute atomic E-state index is 0.0230. The van der Waals surface area contributed by atoms with Crippen LogP contribution in [0.2, 0.25) is 5.02 Å². The van der Waals surface area contributed by atoms with Gasteiger partial charge in [0.1, 0.15) is 0 Å². The molecule has 0 radical (unpaired) electrons. The summed E-state index contributed by atoms with van der Waals surface area (Å²) in [6.07, 6.45) is 1.08. The Labute approximate surface area is 147 Å². The summed E-state index contributed by atoms with van der Waals surface area (Å²) in [5.74, 6) is 0.395. The zero-order chi connectivity index (χ0) is 17.1. The van der Waals surface area contributed by atoms with Gasteiger partial charge in [-0.05, 0) is 44.4 Å². The zero-order valence-corrected chi connectivity index (χ0v) is 14.9. The van der Waals surface area contributed by atoms with Gasteiger partial charge in [-0.1, -0.05) is 29.8 Å². The van der Waals surface area contributed by atoms with E-state index in [0.29, 0.717) is 24.0 Å². The van der Waals surface area contributed by atoms with E-state index in [0.717, 1.165) is 42.0 Å². The molecular weight excluding hydrogens is 324 g/mol. The van der Waals surface area contributed by atoms with Gasteiger partial charge in [0.2, 0.25) is 0 Å². The zero-order valence-electron chi connectivity index (χ0n) is 14.1. The third-order valence-electron chi connectivity index (χ3n) is 4.61. The summed E-state index contributed by atoms with van der Waals surface area (Å²) < 4.78 is 1.84. The van der Waals surface area contributed by atoms with E-state index in [1.165, 1.54) is 0 Å². The lowest BCUT2D eigenvalue weighted by Crippen LogP contribution is -2.29. The molecule has 1 amide bonds. The highest BCUT2D eigenvalue weighted by Crippen LogP contribution is 2.25. The molecule has 2 N–H and O–H groups in total. The third-order valence-corrected chi connectivity index (χ3v) is 5.15. The van der Waals surface area contributed by atoms with Crippen LogP contribution in [0.15, 0.2) is 24.3 Å². The van der Waals surface area contributed by atoms with Gasteiger partial charge >= 0.3 is 0 Å². The van der Waals surface area contributed by atoms with Crippen LogP contribution in [0.4, 0.5) is 0 Å². The molecule has 128 valence electrons. The first-order chi connectivity index (χ1) is 11.6. The molecule has 0 saturated carbocycles. The van der Waals surface area contributed by atoms with Crippen molar-refractivity contribution in [2.75, 3.05) is 19.6 Å². The molecule has 1 atom stereocenters. The molecule has 1 fully saturated rings. The second-order valence-corrected chi connectivity index (χ2v) is 6.62. The number of hydrogen-bond donors (Lipinski definition) is 2. The van der Waals surface area contributed by atoms with Crippen LogP contribution in [0.5, 0.6) is 0 Å². The van der Waals surface area contributed by atoms with Gasteiger partial charge in [-0.2, -0.15) is 5.10 Å². The summed E-state index contributed by atoms with van der Waals surface area (Å²) in [6, 6.07) is 7.89. The quantitative estimate of drug-likeness (QED) is 0.875. The Morgan fingerprint density at radius 2 is 2.21 bits per heavy atom. The largest absolute Gasteiger partial charge is 0.350 e. The van der Waals surface area contributed by atoms with E-state index >= 15 is 0 Å². The summed E-state index contributed by atoms with van der Waals surface area (Å²) in [4.78, 5) is 12.6. The Morgan fingerprint density at radius 1 is 1.42 bits per heavy atom. The first kappa shape index (κ1) is 17.0. The summed E-state index contributed by atoms with van der Waals surface area (Å²) in [5.41, 5.74) is 3.66. The number of rotatable bonds is 5. The van der Waals surface area contributed by atoms with Gasteiger partial charge in [0, 0.05) is 18.7 Å². The fourth-order valence-corrected chi connectivity index (χ4v) is 3.38. The highest BCUT2D eigenvalue weighted by atomic mass is 35.5. The second-order valence-electron chi connectivity index (χ2n) is 6.24. The molecule has 5 nitrogen and oxygen atoms in total. The van der Waals surface area contributed by atoms with Crippen LogP contribution in [0.1, 0.15) is 39.6 Å². The van der Waals surface area contributed by atoms with E-state index in [1.54, 1.807) is 0 Å². The van der Waals surface area contributed by atoms with Crippen molar-refractivity contribution in [3.63, 3.8) is 0 Å². The first-order valence-corrected chi connectivity index (χ1v) is 8.73. The van der Waals surface area contributed by atoms with Crippen molar-refractivity contribution >= 4 is 17.5 Å². The Hall–Kier alpha value is -1.85. The molecule has 2 aromatic rings. The molecule has 1 aliphatic rings. The number of carbonyl (C=O) groups excluding carboxylic acids is 1. The van der Waals surface area contributed by atoms with Crippen LogP contribution in [0.3, 0.4) is 0 Å². The molecule has 0 bridgehead atoms. The number of halogens is 1. The number of hydrogen-bond acceptors (Lipinski definition) is 3. The fraction of sp³-hybridized carbons (Fsp3) is 0.444. The van der Waals surface area contributed by atoms with Crippen LogP contribution < -0.4 is 10.6 Å². The van der Waals surface area contributed by atoms with Crippen LogP contribution in [-0.4, -0.2) is 35.3 Å². The van der Waals surface area contributed by atoms with Crippen molar-refractivity contribution in [1.82, 2.24) is 20.4 Å². The van der Waals surface area contributed by atoms with Gasteiger partial charge < -0.3 is 10.6 Å². The maximum atomic E-state index is 12.6. The van der Waals surface area contributed by atoms with Gasteiger partial charge in [0.05, 0.1) is 23.0 Å². The van der Waals surface area contributed by atoms with Gasteiger partial charge in [-0.25, -0.2) is 0 Å². The van der Waals surface area contributed by atoms with E-state index in [2.05, 4.69) is 21.8 Å². The lowest BCUT2D eigenvalue weighted by molar-refractivity contribution is 0.0950. The Kier molecular flexibility index (Phi) is 5.21. The molecule has 1 saturated heterocycles. The molecule has 0 spiro atoms. The number of carbonyl (C=O) groups is 1. The molecule has 0 aliphatic carbocycles. The van der Waals surface area contributed by atoms with E-state index in [-0.39, 0.29) is 5.91 Å². The fourth-order valence-electron chi connectivity index (χ4n) is 3.24. The van der Waals surface area contributed by atoms with Crippen LogP contribution in [-0.2, 0) is 6.54 Å². The SMILES string of the molecule is Cc1nn(CCNC(=O)c2ccccc2[C@@H]2CCNC2)c(C)c1Cl. The average molecular weight is 347 g/mol. The normalized spacial score (nSPS) is 17.2. The van der Waals surface area contributed by atoms with Crippen LogP contribution >= 0.6 is 11.6 Å². The number of aryl methyl sites for hydroxylation is 1. The molecule has 24 heavy (non-hydrogen) atoms. The summed E-state index contributed by atoms with van der Waals surface area (Å²) in [5, 5.41) is 11.4. The Balaban J connectivity index is 1.64. The van der Waals surface area contributed by atoms with Crippen molar-refractivity contribution in [1.29, 1.82) is 0 Å². The van der Waals surface area contributed by atoms with Gasteiger partial charge in [-0.15, -0.1) is 0 Å². The summed E-state index contributed by atoms with van der Waals surface area (Å²) in [7, 11) is 0. The number of aromatic nitrogens is 2. The van der Waals surface area contributed by atoms with Crippen molar-refractivity contribution in [3.8, 4) is 0 Å². The Bertz CT molecular complexity index is 735.